The maximum Gasteiger partial charge on any atom is 0.324 e. The van der Waals surface area contributed by atoms with Crippen LogP contribution in [0, 0.1) is 5.92 Å². The van der Waals surface area contributed by atoms with Gasteiger partial charge in [0.15, 0.2) is 0 Å². The van der Waals surface area contributed by atoms with E-state index < -0.39 is 40.1 Å². The second-order valence-electron chi connectivity index (χ2n) is 5.20. The largest absolute Gasteiger partial charge is 0.480 e. The van der Waals surface area contributed by atoms with Crippen LogP contribution in [0.1, 0.15) is 33.6 Å². The van der Waals surface area contributed by atoms with Crippen LogP contribution < -0.4 is 4.72 Å². The lowest BCUT2D eigenvalue weighted by Gasteiger charge is -2.26. The molecule has 21 heavy (non-hydrogen) atoms. The van der Waals surface area contributed by atoms with Crippen LogP contribution in [0.3, 0.4) is 0 Å². The van der Waals surface area contributed by atoms with Crippen LogP contribution in [0.5, 0.6) is 0 Å². The van der Waals surface area contributed by atoms with Gasteiger partial charge in [0.25, 0.3) is 10.2 Å². The summed E-state index contributed by atoms with van der Waals surface area (Å²) in [5.74, 6) is -2.27. The van der Waals surface area contributed by atoms with Gasteiger partial charge in [-0.15, -0.1) is 0 Å². The van der Waals surface area contributed by atoms with Gasteiger partial charge in [-0.05, 0) is 25.7 Å². The molecule has 1 saturated heterocycles. The summed E-state index contributed by atoms with van der Waals surface area (Å²) < 4.78 is 32.6. The van der Waals surface area contributed by atoms with E-state index in [-0.39, 0.29) is 13.2 Å². The molecule has 1 fully saturated rings. The highest BCUT2D eigenvalue weighted by molar-refractivity contribution is 7.87. The summed E-state index contributed by atoms with van der Waals surface area (Å²) in [4.78, 5) is 22.9. The summed E-state index contributed by atoms with van der Waals surface area (Å²) in [5, 5.41) is 9.07. The second-order valence-corrected chi connectivity index (χ2v) is 6.86. The first kappa shape index (κ1) is 17.9. The Hall–Kier alpha value is -1.19. The molecule has 1 unspecified atom stereocenters. The molecule has 1 heterocycles. The normalized spacial score (nSPS) is 21.4. The van der Waals surface area contributed by atoms with Crippen molar-refractivity contribution >= 4 is 22.1 Å². The number of esters is 1. The molecular weight excluding hydrogens is 300 g/mol. The molecule has 0 aliphatic carbocycles. The number of nitrogens with one attached hydrogen (secondary N) is 1. The first-order valence-corrected chi connectivity index (χ1v) is 8.33. The Morgan fingerprint density at radius 3 is 2.52 bits per heavy atom. The molecule has 0 aromatic carbocycles. The van der Waals surface area contributed by atoms with E-state index in [4.69, 9.17) is 9.84 Å². The fraction of sp³-hybridized carbons (Fsp3) is 0.833. The SMILES string of the molecule is CCOC(=O)C1CCCN1S(=O)(=O)N[C@H](C(=O)O)C(C)C. The van der Waals surface area contributed by atoms with Crippen molar-refractivity contribution in [2.24, 2.45) is 5.92 Å². The van der Waals surface area contributed by atoms with Crippen LogP contribution in [-0.4, -0.2) is 55.0 Å². The number of ether oxygens (including phenoxy) is 1. The van der Waals surface area contributed by atoms with Gasteiger partial charge >= 0.3 is 11.9 Å². The average Bonchev–Trinajstić information content (AvgIpc) is 2.85. The van der Waals surface area contributed by atoms with Crippen molar-refractivity contribution in [1.82, 2.24) is 9.03 Å². The van der Waals surface area contributed by atoms with Crippen molar-refractivity contribution in [3.8, 4) is 0 Å². The van der Waals surface area contributed by atoms with Gasteiger partial charge in [-0.1, -0.05) is 13.8 Å². The predicted molar refractivity (Wildman–Crippen MR) is 74.7 cm³/mol. The minimum Gasteiger partial charge on any atom is -0.480 e. The highest BCUT2D eigenvalue weighted by Gasteiger charge is 2.41. The van der Waals surface area contributed by atoms with Crippen LogP contribution >= 0.6 is 0 Å². The Bertz CT molecular complexity index is 490. The highest BCUT2D eigenvalue weighted by atomic mass is 32.2. The molecule has 0 radical (unpaired) electrons. The molecule has 122 valence electrons. The van der Waals surface area contributed by atoms with Crippen LogP contribution in [0.2, 0.25) is 0 Å². The number of carbonyl (C=O) groups excluding carboxylic acids is 1. The maximum atomic E-state index is 12.3. The van der Waals surface area contributed by atoms with E-state index in [2.05, 4.69) is 4.72 Å². The Balaban J connectivity index is 2.90. The molecule has 0 aromatic heterocycles. The third kappa shape index (κ3) is 4.39. The van der Waals surface area contributed by atoms with E-state index in [1.165, 1.54) is 0 Å². The van der Waals surface area contributed by atoms with Gasteiger partial charge < -0.3 is 9.84 Å². The van der Waals surface area contributed by atoms with Gasteiger partial charge in [0.2, 0.25) is 0 Å². The monoisotopic (exact) mass is 322 g/mol. The van der Waals surface area contributed by atoms with Gasteiger partial charge in [0.1, 0.15) is 12.1 Å². The van der Waals surface area contributed by atoms with Crippen LogP contribution in [0.4, 0.5) is 0 Å². The van der Waals surface area contributed by atoms with Gasteiger partial charge in [-0.25, -0.2) is 0 Å². The van der Waals surface area contributed by atoms with Gasteiger partial charge in [-0.2, -0.15) is 17.4 Å². The Labute approximate surface area is 124 Å². The summed E-state index contributed by atoms with van der Waals surface area (Å²) in [5.41, 5.74) is 0. The van der Waals surface area contributed by atoms with E-state index >= 15 is 0 Å². The number of aliphatic carboxylic acids is 1. The molecular formula is C12H22N2O6S. The second kappa shape index (κ2) is 7.19. The van der Waals surface area contributed by atoms with E-state index in [0.717, 1.165) is 4.31 Å². The van der Waals surface area contributed by atoms with E-state index in [1.54, 1.807) is 20.8 Å². The lowest BCUT2D eigenvalue weighted by molar-refractivity contribution is -0.146. The summed E-state index contributed by atoms with van der Waals surface area (Å²) in [6, 6.07) is -2.12. The fourth-order valence-electron chi connectivity index (χ4n) is 2.20. The molecule has 1 rings (SSSR count). The summed E-state index contributed by atoms with van der Waals surface area (Å²) in [7, 11) is -4.06. The zero-order valence-corrected chi connectivity index (χ0v) is 13.2. The number of carboxylic acids is 1. The van der Waals surface area contributed by atoms with Crippen molar-refractivity contribution in [2.45, 2.75) is 45.7 Å². The number of hydrogen-bond acceptors (Lipinski definition) is 5. The topological polar surface area (TPSA) is 113 Å². The van der Waals surface area contributed by atoms with Crippen molar-refractivity contribution in [3.63, 3.8) is 0 Å². The van der Waals surface area contributed by atoms with Crippen LogP contribution in [-0.2, 0) is 24.5 Å². The molecule has 1 aliphatic rings. The first-order valence-electron chi connectivity index (χ1n) is 6.89. The van der Waals surface area contributed by atoms with Crippen LogP contribution in [0.25, 0.3) is 0 Å². The number of nitrogens with zero attached hydrogens (tertiary/aromatic N) is 1. The lowest BCUT2D eigenvalue weighted by Crippen LogP contribution is -2.53. The van der Waals surface area contributed by atoms with E-state index in [0.29, 0.717) is 12.8 Å². The molecule has 8 nitrogen and oxygen atoms in total. The molecule has 0 saturated carbocycles. The summed E-state index contributed by atoms with van der Waals surface area (Å²) in [6.45, 7) is 5.19. The van der Waals surface area contributed by atoms with Gasteiger partial charge in [0.05, 0.1) is 6.61 Å². The minimum atomic E-state index is -4.06. The molecule has 0 spiro atoms. The average molecular weight is 322 g/mol. The maximum absolute atomic E-state index is 12.3. The lowest BCUT2D eigenvalue weighted by atomic mass is 10.1. The van der Waals surface area contributed by atoms with Gasteiger partial charge in [0, 0.05) is 6.54 Å². The molecule has 2 atom stereocenters. The standard InChI is InChI=1S/C12H22N2O6S/c1-4-20-12(17)9-6-5-7-14(9)21(18,19)13-10(8(2)3)11(15)16/h8-10,13H,4-7H2,1-3H3,(H,15,16)/t9?,10-/m0/s1. The fourth-order valence-corrected chi connectivity index (χ4v) is 3.93. The highest BCUT2D eigenvalue weighted by Crippen LogP contribution is 2.22. The summed E-state index contributed by atoms with van der Waals surface area (Å²) >= 11 is 0. The smallest absolute Gasteiger partial charge is 0.324 e. The number of hydrogen-bond donors (Lipinski definition) is 2. The molecule has 0 bridgehead atoms. The molecule has 0 amide bonds. The van der Waals surface area contributed by atoms with E-state index in [9.17, 15) is 18.0 Å². The Morgan fingerprint density at radius 2 is 2.05 bits per heavy atom. The number of rotatable bonds is 7. The Morgan fingerprint density at radius 1 is 1.43 bits per heavy atom. The first-order chi connectivity index (χ1) is 9.70. The predicted octanol–water partition coefficient (Wildman–Crippen LogP) is -0.0425. The third-order valence-electron chi connectivity index (χ3n) is 3.28. The molecule has 2 N–H and O–H groups in total. The third-order valence-corrected chi connectivity index (χ3v) is 4.89. The van der Waals surface area contributed by atoms with Crippen molar-refractivity contribution in [3.05, 3.63) is 0 Å². The van der Waals surface area contributed by atoms with Crippen LogP contribution in [0.15, 0.2) is 0 Å². The molecule has 1 aliphatic heterocycles. The van der Waals surface area contributed by atoms with E-state index in [1.807, 2.05) is 0 Å². The van der Waals surface area contributed by atoms with Crippen molar-refractivity contribution in [1.29, 1.82) is 0 Å². The molecule has 9 heteroatoms. The number of carboxylic acid groups (broad SMARTS) is 1. The Kier molecular flexibility index (Phi) is 6.11. The number of carbonyl (C=O) groups is 2. The van der Waals surface area contributed by atoms with Crippen molar-refractivity contribution in [2.75, 3.05) is 13.2 Å². The quantitative estimate of drug-likeness (QED) is 0.636. The van der Waals surface area contributed by atoms with Gasteiger partial charge in [-0.3, -0.25) is 9.59 Å². The zero-order chi connectivity index (χ0) is 16.2. The summed E-state index contributed by atoms with van der Waals surface area (Å²) in [6.07, 6.45) is 0.906. The van der Waals surface area contributed by atoms with Crippen molar-refractivity contribution < 1.29 is 27.9 Å². The zero-order valence-electron chi connectivity index (χ0n) is 12.4. The molecule has 0 aromatic rings. The minimum absolute atomic E-state index is 0.167.